The number of rotatable bonds is 5. The number of aromatic nitrogens is 2. The Balaban J connectivity index is 2.08. The number of aliphatic hydroxyl groups is 1. The lowest BCUT2D eigenvalue weighted by molar-refractivity contribution is -0.385. The summed E-state index contributed by atoms with van der Waals surface area (Å²) in [5, 5.41) is 27.3. The smallest absolute Gasteiger partial charge is 0.438 e. The molecule has 0 aromatic carbocycles. The van der Waals surface area contributed by atoms with Gasteiger partial charge in [-0.2, -0.15) is 23.3 Å². The van der Waals surface area contributed by atoms with Crippen LogP contribution in [-0.4, -0.2) is 56.0 Å². The Labute approximate surface area is 132 Å². The fourth-order valence-electron chi connectivity index (χ4n) is 2.03. The van der Waals surface area contributed by atoms with Crippen LogP contribution in [0.4, 0.5) is 18.9 Å². The van der Waals surface area contributed by atoms with Gasteiger partial charge in [0.1, 0.15) is 6.20 Å². The lowest BCUT2D eigenvalue weighted by Gasteiger charge is -2.32. The highest BCUT2D eigenvalue weighted by atomic mass is 19.4. The Morgan fingerprint density at radius 2 is 2.25 bits per heavy atom. The normalized spacial score (nSPS) is 20.5. The molecule has 13 heteroatoms. The molecule has 0 saturated carbocycles. The van der Waals surface area contributed by atoms with Crippen molar-refractivity contribution in [2.24, 2.45) is 5.10 Å². The predicted molar refractivity (Wildman–Crippen MR) is 71.0 cm³/mol. The Bertz CT molecular complexity index is 688. The molecule has 1 aliphatic heterocycles. The van der Waals surface area contributed by atoms with E-state index in [2.05, 4.69) is 10.2 Å². The van der Waals surface area contributed by atoms with Gasteiger partial charge in [-0.05, 0) is 0 Å². The molecular formula is C11H12F3N5O5. The molecule has 1 unspecified atom stereocenters. The first-order chi connectivity index (χ1) is 11.1. The number of carbonyl (C=O) groups excluding carboxylic acids is 1. The monoisotopic (exact) mass is 351 g/mol. The Hall–Kier alpha value is -2.70. The molecular weight excluding hydrogens is 339 g/mol. The van der Waals surface area contributed by atoms with Gasteiger partial charge in [0, 0.05) is 19.1 Å². The van der Waals surface area contributed by atoms with Crippen LogP contribution < -0.4 is 4.74 Å². The van der Waals surface area contributed by atoms with Crippen molar-refractivity contribution in [3.8, 4) is 5.88 Å². The summed E-state index contributed by atoms with van der Waals surface area (Å²) in [5.74, 6) is -1.40. The maximum absolute atomic E-state index is 12.9. The number of hydrazone groups is 1. The molecule has 1 aromatic heterocycles. The molecule has 0 saturated heterocycles. The second-order valence-electron chi connectivity index (χ2n) is 4.82. The minimum Gasteiger partial charge on any atom is -0.475 e. The summed E-state index contributed by atoms with van der Waals surface area (Å²) in [4.78, 5) is 21.9. The first-order valence-corrected chi connectivity index (χ1v) is 6.50. The maximum Gasteiger partial charge on any atom is 0.438 e. The SMILES string of the molecule is COc1nn(CCC(=O)N2N=CCC2(O)C(F)(F)F)cc1[N+](=O)[O-]. The van der Waals surface area contributed by atoms with Crippen molar-refractivity contribution >= 4 is 17.8 Å². The van der Waals surface area contributed by atoms with Crippen LogP contribution >= 0.6 is 0 Å². The summed E-state index contributed by atoms with van der Waals surface area (Å²) in [6, 6.07) is 0. The quantitative estimate of drug-likeness (QED) is 0.614. The minimum atomic E-state index is -5.08. The number of ether oxygens (including phenoxy) is 1. The minimum absolute atomic E-state index is 0.0395. The number of hydrogen-bond donors (Lipinski definition) is 1. The lowest BCUT2D eigenvalue weighted by atomic mass is 10.1. The van der Waals surface area contributed by atoms with Crippen molar-refractivity contribution < 1.29 is 32.7 Å². The zero-order valence-corrected chi connectivity index (χ0v) is 12.2. The number of nitrogens with zero attached hydrogens (tertiary/aromatic N) is 5. The van der Waals surface area contributed by atoms with Gasteiger partial charge in [-0.25, -0.2) is 0 Å². The number of nitro groups is 1. The molecule has 2 heterocycles. The van der Waals surface area contributed by atoms with Crippen LogP contribution in [0.25, 0.3) is 0 Å². The third kappa shape index (κ3) is 3.02. The Morgan fingerprint density at radius 1 is 1.58 bits per heavy atom. The lowest BCUT2D eigenvalue weighted by Crippen LogP contribution is -2.56. The number of hydrogen-bond acceptors (Lipinski definition) is 7. The van der Waals surface area contributed by atoms with Crippen LogP contribution in [-0.2, 0) is 11.3 Å². The van der Waals surface area contributed by atoms with Gasteiger partial charge >= 0.3 is 17.7 Å². The summed E-state index contributed by atoms with van der Waals surface area (Å²) >= 11 is 0. The molecule has 1 amide bonds. The van der Waals surface area contributed by atoms with E-state index in [0.29, 0.717) is 0 Å². The van der Waals surface area contributed by atoms with Gasteiger partial charge in [0.2, 0.25) is 5.91 Å². The molecule has 0 spiro atoms. The second kappa shape index (κ2) is 6.07. The Kier molecular flexibility index (Phi) is 4.46. The number of alkyl halides is 3. The molecule has 2 rings (SSSR count). The fraction of sp³-hybridized carbons (Fsp3) is 0.545. The molecule has 0 radical (unpaired) electrons. The summed E-state index contributed by atoms with van der Waals surface area (Å²) in [6.07, 6.45) is -4.70. The molecule has 0 aliphatic carbocycles. The van der Waals surface area contributed by atoms with E-state index in [1.165, 1.54) is 0 Å². The van der Waals surface area contributed by atoms with Crippen LogP contribution in [0, 0.1) is 10.1 Å². The maximum atomic E-state index is 12.9. The standard InChI is InChI=1S/C11H12F3N5O5/c1-24-9-7(19(22)23)6-17(16-9)5-2-8(20)18-10(21,3-4-15-18)11(12,13)14/h4,6,21H,2-3,5H2,1H3. The molecule has 1 atom stereocenters. The summed E-state index contributed by atoms with van der Waals surface area (Å²) in [7, 11) is 1.16. The van der Waals surface area contributed by atoms with Gasteiger partial charge in [-0.3, -0.25) is 19.6 Å². The van der Waals surface area contributed by atoms with Crippen LogP contribution in [0.15, 0.2) is 11.3 Å². The van der Waals surface area contributed by atoms with E-state index in [4.69, 9.17) is 4.74 Å². The molecule has 132 valence electrons. The van der Waals surface area contributed by atoms with E-state index in [-0.39, 0.29) is 17.4 Å². The van der Waals surface area contributed by atoms with Crippen LogP contribution in [0.1, 0.15) is 12.8 Å². The van der Waals surface area contributed by atoms with Crippen LogP contribution in [0.3, 0.4) is 0 Å². The van der Waals surface area contributed by atoms with E-state index >= 15 is 0 Å². The van der Waals surface area contributed by atoms with Gasteiger partial charge in [-0.15, -0.1) is 5.10 Å². The number of halogens is 3. The third-order valence-corrected chi connectivity index (χ3v) is 3.27. The molecule has 0 bridgehead atoms. The fourth-order valence-corrected chi connectivity index (χ4v) is 2.03. The van der Waals surface area contributed by atoms with E-state index in [1.807, 2.05) is 0 Å². The third-order valence-electron chi connectivity index (χ3n) is 3.27. The van der Waals surface area contributed by atoms with E-state index < -0.39 is 41.3 Å². The summed E-state index contributed by atoms with van der Waals surface area (Å²) in [5.41, 5.74) is -3.84. The topological polar surface area (TPSA) is 123 Å². The molecule has 1 N–H and O–H groups in total. The summed E-state index contributed by atoms with van der Waals surface area (Å²) < 4.78 is 44.3. The van der Waals surface area contributed by atoms with Crippen molar-refractivity contribution in [3.05, 3.63) is 16.3 Å². The van der Waals surface area contributed by atoms with Crippen LogP contribution in [0.5, 0.6) is 5.88 Å². The number of amides is 1. The van der Waals surface area contributed by atoms with Gasteiger partial charge in [0.25, 0.3) is 5.72 Å². The highest BCUT2D eigenvalue weighted by Crippen LogP contribution is 2.38. The van der Waals surface area contributed by atoms with Gasteiger partial charge in [0.15, 0.2) is 0 Å². The largest absolute Gasteiger partial charge is 0.475 e. The summed E-state index contributed by atoms with van der Waals surface area (Å²) in [6.45, 7) is -0.261. The van der Waals surface area contributed by atoms with Crippen molar-refractivity contribution in [2.45, 2.75) is 31.3 Å². The predicted octanol–water partition coefficient (Wildman–Crippen LogP) is 0.659. The highest BCUT2D eigenvalue weighted by Gasteiger charge is 2.61. The van der Waals surface area contributed by atoms with Gasteiger partial charge < -0.3 is 9.84 Å². The van der Waals surface area contributed by atoms with Crippen molar-refractivity contribution in [1.82, 2.24) is 14.8 Å². The average Bonchev–Trinajstić information content (AvgIpc) is 3.08. The van der Waals surface area contributed by atoms with Crippen molar-refractivity contribution in [3.63, 3.8) is 0 Å². The van der Waals surface area contributed by atoms with Crippen molar-refractivity contribution in [2.75, 3.05) is 7.11 Å². The Morgan fingerprint density at radius 3 is 2.75 bits per heavy atom. The van der Waals surface area contributed by atoms with E-state index in [0.717, 1.165) is 24.2 Å². The van der Waals surface area contributed by atoms with E-state index in [1.54, 1.807) is 0 Å². The zero-order valence-electron chi connectivity index (χ0n) is 12.2. The number of methoxy groups -OCH3 is 1. The molecule has 1 aromatic rings. The zero-order chi connectivity index (χ0) is 18.1. The van der Waals surface area contributed by atoms with Crippen molar-refractivity contribution in [1.29, 1.82) is 0 Å². The molecule has 0 fully saturated rings. The number of carbonyl (C=O) groups is 1. The highest BCUT2D eigenvalue weighted by molar-refractivity contribution is 5.80. The molecule has 1 aliphatic rings. The van der Waals surface area contributed by atoms with Gasteiger partial charge in [-0.1, -0.05) is 0 Å². The van der Waals surface area contributed by atoms with E-state index in [9.17, 15) is 33.2 Å². The first kappa shape index (κ1) is 17.7. The molecule has 24 heavy (non-hydrogen) atoms. The second-order valence-corrected chi connectivity index (χ2v) is 4.82. The van der Waals surface area contributed by atoms with Gasteiger partial charge in [0.05, 0.1) is 18.6 Å². The first-order valence-electron chi connectivity index (χ1n) is 6.50. The number of aryl methyl sites for hydroxylation is 1. The average molecular weight is 351 g/mol. The van der Waals surface area contributed by atoms with Crippen LogP contribution in [0.2, 0.25) is 0 Å². The molecule has 10 nitrogen and oxygen atoms in total.